The summed E-state index contributed by atoms with van der Waals surface area (Å²) in [4.78, 5) is 80.4. The van der Waals surface area contributed by atoms with Crippen molar-refractivity contribution in [3.8, 4) is 22.9 Å². The Morgan fingerprint density at radius 3 is 1.69 bits per heavy atom. The molecule has 2 aromatic heterocycles. The standard InChI is InChI=1S/C43H24N4O7/c48-39(25-11-3-1-4-12-25)46(28-13-5-2-6-14-28)35-22-20-27(38-45-34-18-10-8-16-31(34)43(52)54-38)24-36(35)47-40(49)29-21-19-26(23-32(29)41(47)50)37-44-33-17-9-7-15-30(33)42(51)53-37/h1-24H. The van der Waals surface area contributed by atoms with E-state index in [1.54, 1.807) is 127 Å². The van der Waals surface area contributed by atoms with Gasteiger partial charge in [-0.25, -0.2) is 24.5 Å². The molecular formula is C43H24N4O7. The Kier molecular flexibility index (Phi) is 7.60. The molecule has 54 heavy (non-hydrogen) atoms. The van der Waals surface area contributed by atoms with E-state index >= 15 is 0 Å². The molecule has 1 aliphatic heterocycles. The summed E-state index contributed by atoms with van der Waals surface area (Å²) in [6, 6.07) is 40.0. The summed E-state index contributed by atoms with van der Waals surface area (Å²) in [5, 5.41) is 0.590. The Balaban J connectivity index is 1.23. The highest BCUT2D eigenvalue weighted by molar-refractivity contribution is 6.36. The van der Waals surface area contributed by atoms with E-state index in [1.807, 2.05) is 0 Å². The topological polar surface area (TPSA) is 144 Å². The Bertz CT molecular complexity index is 2960. The number of para-hydroxylation sites is 3. The molecule has 0 aliphatic carbocycles. The van der Waals surface area contributed by atoms with Gasteiger partial charge in [-0.2, -0.15) is 0 Å². The lowest BCUT2D eigenvalue weighted by atomic mass is 10.1. The van der Waals surface area contributed by atoms with Gasteiger partial charge in [0, 0.05) is 22.4 Å². The van der Waals surface area contributed by atoms with Crippen molar-refractivity contribution in [3.05, 3.63) is 183 Å². The molecule has 1 aliphatic rings. The Hall–Kier alpha value is -7.79. The van der Waals surface area contributed by atoms with E-state index in [-0.39, 0.29) is 45.2 Å². The number of imide groups is 1. The normalized spacial score (nSPS) is 12.3. The number of anilines is 3. The zero-order valence-electron chi connectivity index (χ0n) is 28.0. The average molecular weight is 709 g/mol. The molecule has 3 amide bonds. The molecule has 0 radical (unpaired) electrons. The lowest BCUT2D eigenvalue weighted by Gasteiger charge is -2.28. The predicted molar refractivity (Wildman–Crippen MR) is 202 cm³/mol. The first-order chi connectivity index (χ1) is 26.4. The van der Waals surface area contributed by atoms with Gasteiger partial charge in [0.05, 0.1) is 44.3 Å². The number of rotatable bonds is 6. The average Bonchev–Trinajstić information content (AvgIpc) is 3.46. The van der Waals surface area contributed by atoms with Crippen LogP contribution in [-0.4, -0.2) is 27.7 Å². The fraction of sp³-hybridized carbons (Fsp3) is 0. The fourth-order valence-corrected chi connectivity index (χ4v) is 6.55. The molecule has 0 unspecified atom stereocenters. The number of aromatic nitrogens is 2. The highest BCUT2D eigenvalue weighted by atomic mass is 16.4. The van der Waals surface area contributed by atoms with Gasteiger partial charge in [0.1, 0.15) is 0 Å². The summed E-state index contributed by atoms with van der Waals surface area (Å²) in [6.07, 6.45) is 0. The minimum atomic E-state index is -0.702. The van der Waals surface area contributed by atoms with E-state index in [0.717, 1.165) is 4.90 Å². The summed E-state index contributed by atoms with van der Waals surface area (Å²) in [6.45, 7) is 0. The number of hydrogen-bond acceptors (Lipinski definition) is 9. The monoisotopic (exact) mass is 708 g/mol. The number of amides is 3. The molecule has 11 heteroatoms. The number of benzene rings is 6. The zero-order valence-corrected chi connectivity index (χ0v) is 28.0. The molecule has 258 valence electrons. The van der Waals surface area contributed by atoms with Crippen LogP contribution in [0.5, 0.6) is 0 Å². The maximum Gasteiger partial charge on any atom is 0.347 e. The van der Waals surface area contributed by atoms with Gasteiger partial charge in [0.2, 0.25) is 11.8 Å². The quantitative estimate of drug-likeness (QED) is 0.158. The third-order valence-electron chi connectivity index (χ3n) is 9.15. The highest BCUT2D eigenvalue weighted by Crippen LogP contribution is 2.42. The van der Waals surface area contributed by atoms with Crippen LogP contribution in [-0.2, 0) is 0 Å². The number of carbonyl (C=O) groups excluding carboxylic acids is 3. The van der Waals surface area contributed by atoms with E-state index in [4.69, 9.17) is 8.83 Å². The summed E-state index contributed by atoms with van der Waals surface area (Å²) >= 11 is 0. The van der Waals surface area contributed by atoms with Crippen molar-refractivity contribution in [3.63, 3.8) is 0 Å². The van der Waals surface area contributed by atoms with Gasteiger partial charge in [0.15, 0.2) is 0 Å². The van der Waals surface area contributed by atoms with Crippen LogP contribution in [0.1, 0.15) is 31.1 Å². The second-order valence-electron chi connectivity index (χ2n) is 12.4. The number of carbonyl (C=O) groups is 3. The summed E-state index contributed by atoms with van der Waals surface area (Å²) in [5.41, 5.74) is 1.32. The van der Waals surface area contributed by atoms with Crippen LogP contribution < -0.4 is 21.1 Å². The van der Waals surface area contributed by atoms with Crippen molar-refractivity contribution in [2.45, 2.75) is 0 Å². The largest absolute Gasteiger partial charge is 0.403 e. The van der Waals surface area contributed by atoms with Crippen LogP contribution in [0.25, 0.3) is 44.7 Å². The van der Waals surface area contributed by atoms with Crippen LogP contribution in [0, 0.1) is 0 Å². The van der Waals surface area contributed by atoms with E-state index in [2.05, 4.69) is 9.97 Å². The second-order valence-corrected chi connectivity index (χ2v) is 12.4. The van der Waals surface area contributed by atoms with Gasteiger partial charge in [-0.15, -0.1) is 0 Å². The van der Waals surface area contributed by atoms with E-state index in [9.17, 15) is 24.0 Å². The molecule has 0 bridgehead atoms. The summed E-state index contributed by atoms with van der Waals surface area (Å²) < 4.78 is 11.2. The van der Waals surface area contributed by atoms with E-state index in [0.29, 0.717) is 33.2 Å². The Labute approximate surface area is 305 Å². The smallest absolute Gasteiger partial charge is 0.347 e. The molecule has 0 spiro atoms. The van der Waals surface area contributed by atoms with Crippen molar-refractivity contribution < 1.29 is 23.2 Å². The first-order valence-corrected chi connectivity index (χ1v) is 16.8. The molecule has 0 N–H and O–H groups in total. The number of fused-ring (bicyclic) bond motifs is 3. The van der Waals surface area contributed by atoms with E-state index in [1.165, 1.54) is 23.1 Å². The van der Waals surface area contributed by atoms with Gasteiger partial charge >= 0.3 is 11.3 Å². The van der Waals surface area contributed by atoms with E-state index < -0.39 is 29.0 Å². The van der Waals surface area contributed by atoms with Crippen LogP contribution in [0.15, 0.2) is 164 Å². The lowest BCUT2D eigenvalue weighted by Crippen LogP contribution is -2.33. The van der Waals surface area contributed by atoms with Crippen molar-refractivity contribution in [1.29, 1.82) is 0 Å². The van der Waals surface area contributed by atoms with Gasteiger partial charge in [0.25, 0.3) is 17.7 Å². The van der Waals surface area contributed by atoms with Gasteiger partial charge in [-0.3, -0.25) is 19.3 Å². The molecule has 3 heterocycles. The first kappa shape index (κ1) is 32.1. The maximum atomic E-state index is 14.5. The van der Waals surface area contributed by atoms with Crippen molar-refractivity contribution in [1.82, 2.24) is 9.97 Å². The summed E-state index contributed by atoms with van der Waals surface area (Å²) in [7, 11) is 0. The van der Waals surface area contributed by atoms with Crippen molar-refractivity contribution >= 4 is 56.6 Å². The molecular weight excluding hydrogens is 684 g/mol. The Morgan fingerprint density at radius 1 is 0.537 bits per heavy atom. The molecule has 0 saturated carbocycles. The van der Waals surface area contributed by atoms with Crippen molar-refractivity contribution in [2.75, 3.05) is 9.80 Å². The zero-order chi connectivity index (χ0) is 36.9. The number of hydrogen-bond donors (Lipinski definition) is 0. The minimum absolute atomic E-state index is 0.0241. The lowest BCUT2D eigenvalue weighted by molar-refractivity contribution is 0.0923. The SMILES string of the molecule is O=C1c2ccc(-c3nc4ccccc4c(=O)o3)cc2C(=O)N1c1cc(-c2nc3ccccc3c(=O)o2)ccc1N(C(=O)c1ccccc1)c1ccccc1. The third-order valence-corrected chi connectivity index (χ3v) is 9.15. The van der Waals surface area contributed by atoms with Crippen LogP contribution >= 0.6 is 0 Å². The highest BCUT2D eigenvalue weighted by Gasteiger charge is 2.40. The molecule has 8 aromatic rings. The second kappa shape index (κ2) is 12.8. The van der Waals surface area contributed by atoms with Crippen LogP contribution in [0.4, 0.5) is 17.1 Å². The Morgan fingerprint density at radius 2 is 1.06 bits per heavy atom. The summed E-state index contributed by atoms with van der Waals surface area (Å²) in [5.74, 6) is -1.87. The first-order valence-electron chi connectivity index (χ1n) is 16.8. The molecule has 11 nitrogen and oxygen atoms in total. The molecule has 0 saturated heterocycles. The fourth-order valence-electron chi connectivity index (χ4n) is 6.55. The van der Waals surface area contributed by atoms with Crippen LogP contribution in [0.2, 0.25) is 0 Å². The van der Waals surface area contributed by atoms with Gasteiger partial charge < -0.3 is 8.83 Å². The van der Waals surface area contributed by atoms with Gasteiger partial charge in [-0.05, 0) is 84.9 Å². The molecule has 0 atom stereocenters. The molecule has 9 rings (SSSR count). The molecule has 6 aromatic carbocycles. The predicted octanol–water partition coefficient (Wildman–Crippen LogP) is 7.80. The number of nitrogens with zero attached hydrogens (tertiary/aromatic N) is 4. The minimum Gasteiger partial charge on any atom is -0.403 e. The maximum absolute atomic E-state index is 14.5. The molecule has 0 fully saturated rings. The third kappa shape index (κ3) is 5.35. The van der Waals surface area contributed by atoms with Crippen LogP contribution in [0.3, 0.4) is 0 Å². The van der Waals surface area contributed by atoms with Crippen molar-refractivity contribution in [2.24, 2.45) is 0 Å². The van der Waals surface area contributed by atoms with Gasteiger partial charge in [-0.1, -0.05) is 60.7 Å².